The van der Waals surface area contributed by atoms with E-state index < -0.39 is 0 Å². The molecule has 0 radical (unpaired) electrons. The van der Waals surface area contributed by atoms with Gasteiger partial charge in [0.2, 0.25) is 0 Å². The Labute approximate surface area is 115 Å². The maximum atomic E-state index is 11.9. The van der Waals surface area contributed by atoms with E-state index in [0.717, 1.165) is 16.9 Å². The number of aromatic nitrogens is 4. The number of nitrogens with zero attached hydrogens (tertiary/aromatic N) is 3. The van der Waals surface area contributed by atoms with Crippen molar-refractivity contribution >= 4 is 16.9 Å². The van der Waals surface area contributed by atoms with Crippen LogP contribution in [0.3, 0.4) is 0 Å². The summed E-state index contributed by atoms with van der Waals surface area (Å²) >= 11 is 0. The summed E-state index contributed by atoms with van der Waals surface area (Å²) in [6.45, 7) is 0.532. The van der Waals surface area contributed by atoms with Crippen LogP contribution in [-0.2, 0) is 13.5 Å². The average Bonchev–Trinajstić information content (AvgIpc) is 3.04. The van der Waals surface area contributed by atoms with Gasteiger partial charge in [0.15, 0.2) is 0 Å². The summed E-state index contributed by atoms with van der Waals surface area (Å²) in [6, 6.07) is 9.56. The van der Waals surface area contributed by atoms with Crippen LogP contribution < -0.4 is 5.32 Å². The Morgan fingerprint density at radius 3 is 2.95 bits per heavy atom. The molecule has 0 spiro atoms. The molecule has 2 N–H and O–H groups in total. The van der Waals surface area contributed by atoms with Crippen molar-refractivity contribution in [2.75, 3.05) is 6.54 Å². The standard InChI is InChI=1S/C14H15N5O/c1-19-12(6-9-16-19)14(20)15-8-7-13-17-10-4-2-3-5-11(10)18-13/h2-6,9H,7-8H2,1H3,(H,15,20)(H,17,18). The number of hydrogen-bond donors (Lipinski definition) is 2. The lowest BCUT2D eigenvalue weighted by molar-refractivity contribution is 0.0944. The Hall–Kier alpha value is -2.63. The van der Waals surface area contributed by atoms with Crippen molar-refractivity contribution in [1.29, 1.82) is 0 Å². The molecule has 0 saturated carbocycles. The summed E-state index contributed by atoms with van der Waals surface area (Å²) in [5.74, 6) is 0.748. The quantitative estimate of drug-likeness (QED) is 0.749. The van der Waals surface area contributed by atoms with Crippen molar-refractivity contribution in [3.05, 3.63) is 48.0 Å². The van der Waals surface area contributed by atoms with Gasteiger partial charge in [0.1, 0.15) is 11.5 Å². The largest absolute Gasteiger partial charge is 0.350 e. The van der Waals surface area contributed by atoms with Crippen molar-refractivity contribution in [3.63, 3.8) is 0 Å². The fourth-order valence-corrected chi connectivity index (χ4v) is 2.11. The molecule has 3 aromatic rings. The Morgan fingerprint density at radius 2 is 2.20 bits per heavy atom. The van der Waals surface area contributed by atoms with Gasteiger partial charge in [-0.05, 0) is 18.2 Å². The fourth-order valence-electron chi connectivity index (χ4n) is 2.11. The van der Waals surface area contributed by atoms with Gasteiger partial charge in [-0.2, -0.15) is 5.10 Å². The SMILES string of the molecule is Cn1nccc1C(=O)NCCc1nc2ccccc2[nH]1. The fraction of sp³-hybridized carbons (Fsp3) is 0.214. The van der Waals surface area contributed by atoms with Crippen molar-refractivity contribution in [2.24, 2.45) is 7.05 Å². The molecule has 0 atom stereocenters. The number of rotatable bonds is 4. The highest BCUT2D eigenvalue weighted by Crippen LogP contribution is 2.10. The highest BCUT2D eigenvalue weighted by molar-refractivity contribution is 5.92. The van der Waals surface area contributed by atoms with Crippen LogP contribution in [0.1, 0.15) is 16.3 Å². The van der Waals surface area contributed by atoms with E-state index in [1.54, 1.807) is 24.0 Å². The molecule has 0 aliphatic heterocycles. The van der Waals surface area contributed by atoms with E-state index in [2.05, 4.69) is 20.4 Å². The average molecular weight is 269 g/mol. The zero-order valence-corrected chi connectivity index (χ0v) is 11.1. The first-order valence-electron chi connectivity index (χ1n) is 6.44. The molecular formula is C14H15N5O. The summed E-state index contributed by atoms with van der Waals surface area (Å²) in [5.41, 5.74) is 2.51. The maximum absolute atomic E-state index is 11.9. The van der Waals surface area contributed by atoms with Crippen LogP contribution in [0.5, 0.6) is 0 Å². The minimum absolute atomic E-state index is 0.124. The molecule has 20 heavy (non-hydrogen) atoms. The molecule has 1 amide bonds. The molecular weight excluding hydrogens is 254 g/mol. The van der Waals surface area contributed by atoms with Gasteiger partial charge < -0.3 is 10.3 Å². The predicted octanol–water partition coefficient (Wildman–Crippen LogP) is 1.27. The number of amides is 1. The van der Waals surface area contributed by atoms with Crippen molar-refractivity contribution < 1.29 is 4.79 Å². The first kappa shape index (κ1) is 12.4. The van der Waals surface area contributed by atoms with Gasteiger partial charge in [0.25, 0.3) is 5.91 Å². The summed E-state index contributed by atoms with van der Waals surface area (Å²) in [7, 11) is 1.74. The molecule has 0 aliphatic rings. The molecule has 0 saturated heterocycles. The monoisotopic (exact) mass is 269 g/mol. The number of fused-ring (bicyclic) bond motifs is 1. The van der Waals surface area contributed by atoms with Gasteiger partial charge >= 0.3 is 0 Å². The van der Waals surface area contributed by atoms with Crippen LogP contribution in [0.15, 0.2) is 36.5 Å². The topological polar surface area (TPSA) is 75.6 Å². The Kier molecular flexibility index (Phi) is 3.20. The van der Waals surface area contributed by atoms with Gasteiger partial charge in [-0.25, -0.2) is 4.98 Å². The number of carbonyl (C=O) groups excluding carboxylic acids is 1. The molecule has 102 valence electrons. The van der Waals surface area contributed by atoms with Crippen LogP contribution in [0.25, 0.3) is 11.0 Å². The molecule has 2 aromatic heterocycles. The van der Waals surface area contributed by atoms with Crippen LogP contribution in [0.2, 0.25) is 0 Å². The van der Waals surface area contributed by atoms with Gasteiger partial charge in [0.05, 0.1) is 11.0 Å². The second kappa shape index (κ2) is 5.16. The van der Waals surface area contributed by atoms with E-state index in [4.69, 9.17) is 0 Å². The molecule has 2 heterocycles. The van der Waals surface area contributed by atoms with Crippen LogP contribution in [0, 0.1) is 0 Å². The number of nitrogens with one attached hydrogen (secondary N) is 2. The second-order valence-electron chi connectivity index (χ2n) is 4.55. The maximum Gasteiger partial charge on any atom is 0.269 e. The number of hydrogen-bond acceptors (Lipinski definition) is 3. The van der Waals surface area contributed by atoms with Gasteiger partial charge in [-0.15, -0.1) is 0 Å². The van der Waals surface area contributed by atoms with E-state index in [9.17, 15) is 4.79 Å². The minimum Gasteiger partial charge on any atom is -0.350 e. The van der Waals surface area contributed by atoms with E-state index in [-0.39, 0.29) is 5.91 Å². The first-order chi connectivity index (χ1) is 9.74. The highest BCUT2D eigenvalue weighted by atomic mass is 16.2. The van der Waals surface area contributed by atoms with Crippen molar-refractivity contribution in [3.8, 4) is 0 Å². The minimum atomic E-state index is -0.124. The number of benzene rings is 1. The normalized spacial score (nSPS) is 10.8. The summed E-state index contributed by atoms with van der Waals surface area (Å²) in [4.78, 5) is 19.6. The Bertz CT molecular complexity index is 710. The van der Waals surface area contributed by atoms with Gasteiger partial charge in [-0.3, -0.25) is 9.48 Å². The number of carbonyl (C=O) groups is 1. The zero-order valence-electron chi connectivity index (χ0n) is 11.1. The lowest BCUT2D eigenvalue weighted by Gasteiger charge is -2.03. The highest BCUT2D eigenvalue weighted by Gasteiger charge is 2.09. The van der Waals surface area contributed by atoms with Crippen LogP contribution in [0.4, 0.5) is 0 Å². The van der Waals surface area contributed by atoms with Crippen molar-refractivity contribution in [2.45, 2.75) is 6.42 Å². The van der Waals surface area contributed by atoms with E-state index in [1.165, 1.54) is 0 Å². The number of para-hydroxylation sites is 2. The Balaban J connectivity index is 1.60. The van der Waals surface area contributed by atoms with Crippen LogP contribution >= 0.6 is 0 Å². The van der Waals surface area contributed by atoms with E-state index in [1.807, 2.05) is 24.3 Å². The molecule has 0 bridgehead atoms. The summed E-state index contributed by atoms with van der Waals surface area (Å²) in [6.07, 6.45) is 2.27. The second-order valence-corrected chi connectivity index (χ2v) is 4.55. The lowest BCUT2D eigenvalue weighted by Crippen LogP contribution is -2.27. The number of imidazole rings is 1. The summed E-state index contributed by atoms with van der Waals surface area (Å²) < 4.78 is 1.55. The number of aryl methyl sites for hydroxylation is 1. The van der Waals surface area contributed by atoms with Crippen LogP contribution in [-0.4, -0.2) is 32.2 Å². The molecule has 0 fully saturated rings. The summed E-state index contributed by atoms with van der Waals surface area (Å²) in [5, 5.41) is 6.83. The lowest BCUT2D eigenvalue weighted by atomic mass is 10.3. The van der Waals surface area contributed by atoms with Gasteiger partial charge in [-0.1, -0.05) is 12.1 Å². The Morgan fingerprint density at radius 1 is 1.35 bits per heavy atom. The molecule has 0 aliphatic carbocycles. The predicted molar refractivity (Wildman–Crippen MR) is 75.3 cm³/mol. The third-order valence-electron chi connectivity index (χ3n) is 3.14. The number of H-pyrrole nitrogens is 1. The first-order valence-corrected chi connectivity index (χ1v) is 6.44. The molecule has 6 heteroatoms. The zero-order chi connectivity index (χ0) is 13.9. The molecule has 6 nitrogen and oxygen atoms in total. The van der Waals surface area contributed by atoms with E-state index >= 15 is 0 Å². The smallest absolute Gasteiger partial charge is 0.269 e. The molecule has 3 rings (SSSR count). The third-order valence-corrected chi connectivity index (χ3v) is 3.14. The number of aromatic amines is 1. The van der Waals surface area contributed by atoms with Crippen molar-refractivity contribution in [1.82, 2.24) is 25.1 Å². The third kappa shape index (κ3) is 2.40. The molecule has 0 unspecified atom stereocenters. The van der Waals surface area contributed by atoms with E-state index in [0.29, 0.717) is 18.7 Å². The van der Waals surface area contributed by atoms with Gasteiger partial charge in [0, 0.05) is 26.2 Å². The molecule has 1 aromatic carbocycles.